The van der Waals surface area contributed by atoms with E-state index in [4.69, 9.17) is 8.83 Å². The maximum absolute atomic E-state index is 12.7. The molecule has 0 aliphatic carbocycles. The minimum Gasteiger partial charge on any atom is -0.462 e. The molecule has 34 heavy (non-hydrogen) atoms. The largest absolute Gasteiger partial charge is 0.462 e. The molecule has 5 rings (SSSR count). The Morgan fingerprint density at radius 2 is 1.35 bits per heavy atom. The average Bonchev–Trinajstić information content (AvgIpc) is 2.84. The van der Waals surface area contributed by atoms with Crippen LogP contribution in [0.25, 0.3) is 23.1 Å². The summed E-state index contributed by atoms with van der Waals surface area (Å²) in [5.74, 6) is 0.882. The predicted octanol–water partition coefficient (Wildman–Crippen LogP) is 6.69. The Bertz CT molecular complexity index is 1560. The van der Waals surface area contributed by atoms with Gasteiger partial charge in [-0.25, -0.2) is 4.79 Å². The summed E-state index contributed by atoms with van der Waals surface area (Å²) >= 11 is 0. The molecule has 0 radical (unpaired) electrons. The second kappa shape index (κ2) is 9.08. The Kier molecular flexibility index (Phi) is 5.67. The maximum Gasteiger partial charge on any atom is 0.343 e. The summed E-state index contributed by atoms with van der Waals surface area (Å²) in [6, 6.07) is 30.4. The fourth-order valence-electron chi connectivity index (χ4n) is 3.85. The lowest BCUT2D eigenvalue weighted by Gasteiger charge is -2.25. The van der Waals surface area contributed by atoms with Crippen LogP contribution in [0, 0.1) is 6.92 Å². The number of fused-ring (bicyclic) bond motifs is 1. The Labute approximate surface area is 195 Å². The van der Waals surface area contributed by atoms with Crippen molar-refractivity contribution in [1.82, 2.24) is 0 Å². The molecule has 3 aromatic carbocycles. The zero-order valence-corrected chi connectivity index (χ0v) is 18.5. The zero-order valence-electron chi connectivity index (χ0n) is 18.5. The minimum absolute atomic E-state index is 0.150. The van der Waals surface area contributed by atoms with Gasteiger partial charge in [-0.2, -0.15) is 0 Å². The first-order valence-electron chi connectivity index (χ1n) is 10.8. The van der Waals surface area contributed by atoms with Crippen molar-refractivity contribution >= 4 is 40.2 Å². The van der Waals surface area contributed by atoms with Crippen LogP contribution >= 0.6 is 0 Å². The van der Waals surface area contributed by atoms with Gasteiger partial charge in [-0.15, -0.1) is 0 Å². The number of nitrogens with zero attached hydrogens (tertiary/aromatic N) is 1. The van der Waals surface area contributed by atoms with E-state index in [1.807, 2.05) is 78.9 Å². The van der Waals surface area contributed by atoms with E-state index in [0.717, 1.165) is 22.4 Å². The summed E-state index contributed by atoms with van der Waals surface area (Å²) in [6.07, 6.45) is 3.19. The molecule has 2 aromatic heterocycles. The first kappa shape index (κ1) is 21.2. The second-order valence-electron chi connectivity index (χ2n) is 7.86. The van der Waals surface area contributed by atoms with Crippen molar-refractivity contribution in [2.45, 2.75) is 6.92 Å². The number of aryl methyl sites for hydroxylation is 1. The van der Waals surface area contributed by atoms with Crippen molar-refractivity contribution in [2.24, 2.45) is 0 Å². The lowest BCUT2D eigenvalue weighted by Crippen LogP contribution is -2.10. The fraction of sp³-hybridized carbons (Fsp3) is 0.0345. The molecule has 0 saturated heterocycles. The molecule has 0 fully saturated rings. The molecular weight excluding hydrogens is 426 g/mol. The van der Waals surface area contributed by atoms with Crippen LogP contribution in [0.15, 0.2) is 115 Å². The number of anilines is 3. The van der Waals surface area contributed by atoms with Crippen molar-refractivity contribution in [2.75, 3.05) is 4.90 Å². The third-order valence-electron chi connectivity index (χ3n) is 5.37. The van der Waals surface area contributed by atoms with Gasteiger partial charge < -0.3 is 13.7 Å². The molecule has 0 bridgehead atoms. The number of para-hydroxylation sites is 2. The molecule has 0 N–H and O–H groups in total. The molecule has 0 atom stereocenters. The monoisotopic (exact) mass is 447 g/mol. The molecule has 5 aromatic rings. The van der Waals surface area contributed by atoms with Crippen LogP contribution in [0.5, 0.6) is 0 Å². The highest BCUT2D eigenvalue weighted by Crippen LogP contribution is 2.35. The highest BCUT2D eigenvalue weighted by Gasteiger charge is 2.13. The van der Waals surface area contributed by atoms with Crippen molar-refractivity contribution < 1.29 is 8.83 Å². The van der Waals surface area contributed by atoms with Crippen LogP contribution in [0.4, 0.5) is 17.1 Å². The van der Waals surface area contributed by atoms with E-state index in [9.17, 15) is 9.59 Å². The molecule has 0 amide bonds. The zero-order chi connectivity index (χ0) is 23.5. The van der Waals surface area contributed by atoms with Gasteiger partial charge in [0.05, 0.1) is 5.56 Å². The molecule has 0 unspecified atom stereocenters. The van der Waals surface area contributed by atoms with Gasteiger partial charge in [0.25, 0.3) is 0 Å². The fourth-order valence-corrected chi connectivity index (χ4v) is 3.85. The summed E-state index contributed by atoms with van der Waals surface area (Å²) in [4.78, 5) is 26.5. The molecule has 2 heterocycles. The molecule has 166 valence electrons. The molecule has 0 spiro atoms. The highest BCUT2D eigenvalue weighted by atomic mass is 16.4. The van der Waals surface area contributed by atoms with Crippen LogP contribution < -0.4 is 16.0 Å². The van der Waals surface area contributed by atoms with Crippen molar-refractivity contribution in [3.05, 3.63) is 135 Å². The first-order valence-corrected chi connectivity index (χ1v) is 10.8. The van der Waals surface area contributed by atoms with Gasteiger partial charge in [-0.1, -0.05) is 36.4 Å². The normalized spacial score (nSPS) is 11.2. The van der Waals surface area contributed by atoms with E-state index < -0.39 is 5.63 Å². The molecule has 0 saturated carbocycles. The molecule has 5 nitrogen and oxygen atoms in total. The summed E-state index contributed by atoms with van der Waals surface area (Å²) in [5, 5.41) is 0.787. The molecule has 0 aliphatic heterocycles. The lowest BCUT2D eigenvalue weighted by molar-refractivity contribution is 0.505. The molecule has 0 aliphatic rings. The van der Waals surface area contributed by atoms with Crippen molar-refractivity contribution in [3.63, 3.8) is 0 Å². The van der Waals surface area contributed by atoms with E-state index in [0.29, 0.717) is 22.7 Å². The second-order valence-corrected chi connectivity index (χ2v) is 7.86. The Morgan fingerprint density at radius 1 is 0.676 bits per heavy atom. The van der Waals surface area contributed by atoms with Crippen LogP contribution in [0.3, 0.4) is 0 Å². The Hall–Kier alpha value is -4.64. The minimum atomic E-state index is -0.470. The van der Waals surface area contributed by atoms with Crippen LogP contribution in [-0.4, -0.2) is 0 Å². The van der Waals surface area contributed by atoms with E-state index in [1.54, 1.807) is 25.1 Å². The van der Waals surface area contributed by atoms with Gasteiger partial charge in [0, 0.05) is 40.6 Å². The summed E-state index contributed by atoms with van der Waals surface area (Å²) in [7, 11) is 0. The number of rotatable bonds is 5. The van der Waals surface area contributed by atoms with E-state index in [-0.39, 0.29) is 5.43 Å². The van der Waals surface area contributed by atoms with Crippen molar-refractivity contribution in [3.8, 4) is 0 Å². The average molecular weight is 447 g/mol. The van der Waals surface area contributed by atoms with Gasteiger partial charge in [0.2, 0.25) is 0 Å². The standard InChI is InChI=1S/C29H21NO4/c1-20-16-26(31)19-27(33-20)15-13-22-17-21-12-14-25(18-28(21)34-29(22)32)30(23-8-4-2-5-9-23)24-10-6-3-7-11-24/h2-19H,1H3/b15-13+. The highest BCUT2D eigenvalue weighted by molar-refractivity contribution is 5.87. The van der Waals surface area contributed by atoms with E-state index in [2.05, 4.69) is 4.90 Å². The van der Waals surface area contributed by atoms with Crippen LogP contribution in [0.2, 0.25) is 0 Å². The van der Waals surface area contributed by atoms with Gasteiger partial charge in [-0.3, -0.25) is 4.79 Å². The molecule has 5 heteroatoms. The Balaban J connectivity index is 1.55. The van der Waals surface area contributed by atoms with Gasteiger partial charge in [0.1, 0.15) is 17.1 Å². The maximum atomic E-state index is 12.7. The van der Waals surface area contributed by atoms with Crippen molar-refractivity contribution in [1.29, 1.82) is 0 Å². The number of hydrogen-bond acceptors (Lipinski definition) is 5. The van der Waals surface area contributed by atoms with Gasteiger partial charge >= 0.3 is 5.63 Å². The topological polar surface area (TPSA) is 63.7 Å². The summed E-state index contributed by atoms with van der Waals surface area (Å²) in [6.45, 7) is 1.70. The predicted molar refractivity (Wildman–Crippen MR) is 136 cm³/mol. The van der Waals surface area contributed by atoms with Crippen LogP contribution in [-0.2, 0) is 0 Å². The third-order valence-corrected chi connectivity index (χ3v) is 5.37. The molecular formula is C29H21NO4. The lowest BCUT2D eigenvalue weighted by atomic mass is 10.1. The SMILES string of the molecule is Cc1cc(=O)cc(/C=C/c2cc3ccc(N(c4ccccc4)c4ccccc4)cc3oc2=O)o1. The Morgan fingerprint density at radius 3 is 2.00 bits per heavy atom. The first-order chi connectivity index (χ1) is 16.6. The van der Waals surface area contributed by atoms with Gasteiger partial charge in [-0.05, 0) is 61.5 Å². The van der Waals surface area contributed by atoms with E-state index >= 15 is 0 Å². The number of hydrogen-bond donors (Lipinski definition) is 0. The quantitative estimate of drug-likeness (QED) is 0.281. The number of benzene rings is 3. The third kappa shape index (κ3) is 4.45. The summed E-state index contributed by atoms with van der Waals surface area (Å²) < 4.78 is 11.2. The summed E-state index contributed by atoms with van der Waals surface area (Å²) in [5.41, 5.74) is 3.10. The van der Waals surface area contributed by atoms with E-state index in [1.165, 1.54) is 12.1 Å². The van der Waals surface area contributed by atoms with Gasteiger partial charge in [0.15, 0.2) is 5.43 Å². The smallest absolute Gasteiger partial charge is 0.343 e. The van der Waals surface area contributed by atoms with Crippen LogP contribution in [0.1, 0.15) is 17.1 Å².